The monoisotopic (exact) mass is 394 g/mol. The van der Waals surface area contributed by atoms with E-state index in [2.05, 4.69) is 10.3 Å². The van der Waals surface area contributed by atoms with Crippen molar-refractivity contribution in [2.75, 3.05) is 11.9 Å². The predicted molar refractivity (Wildman–Crippen MR) is 104 cm³/mol. The van der Waals surface area contributed by atoms with E-state index < -0.39 is 29.7 Å². The van der Waals surface area contributed by atoms with Gasteiger partial charge in [-0.3, -0.25) is 9.79 Å². The fourth-order valence-corrected chi connectivity index (χ4v) is 3.28. The highest BCUT2D eigenvalue weighted by Gasteiger charge is 2.37. The number of nitrogens with one attached hydrogen (secondary N) is 1. The summed E-state index contributed by atoms with van der Waals surface area (Å²) in [5.41, 5.74) is 0.141. The fraction of sp³-hybridized carbons (Fsp3) is 0.429. The Kier molecular flexibility index (Phi) is 7.57. The first kappa shape index (κ1) is 21.9. The summed E-state index contributed by atoms with van der Waals surface area (Å²) >= 11 is 0. The molecule has 0 aliphatic heterocycles. The standard InChI is InChI=1S/C21H25F3N2O2/c1-3-14(11-12-25-4-2)17-9-6-10-18(27)19(17)20(28)26-16-8-5-7-15(13-16)21(22,23)24/h5-9,11-13,17-19,27H,3-4,10H2,1-2H3,(H,26,28)/b14-11+,25-12?/t17-,18-,19+/m0/s1. The van der Waals surface area contributed by atoms with Crippen molar-refractivity contribution >= 4 is 17.8 Å². The largest absolute Gasteiger partial charge is 0.416 e. The highest BCUT2D eigenvalue weighted by molar-refractivity contribution is 5.94. The normalized spacial score (nSPS) is 23.2. The quantitative estimate of drug-likeness (QED) is 0.546. The number of rotatable bonds is 6. The topological polar surface area (TPSA) is 61.7 Å². The molecule has 1 amide bonds. The number of halogens is 3. The molecule has 0 radical (unpaired) electrons. The van der Waals surface area contributed by atoms with Gasteiger partial charge in [0.1, 0.15) is 0 Å². The molecule has 2 N–H and O–H groups in total. The molecule has 0 saturated carbocycles. The highest BCUT2D eigenvalue weighted by Crippen LogP contribution is 2.34. The van der Waals surface area contributed by atoms with Crippen molar-refractivity contribution in [3.8, 4) is 0 Å². The zero-order valence-corrected chi connectivity index (χ0v) is 15.9. The molecule has 0 unspecified atom stereocenters. The molecule has 1 aromatic rings. The van der Waals surface area contributed by atoms with Crippen molar-refractivity contribution in [1.82, 2.24) is 0 Å². The molecule has 0 spiro atoms. The van der Waals surface area contributed by atoms with Gasteiger partial charge in [0.2, 0.25) is 5.91 Å². The molecule has 0 bridgehead atoms. The van der Waals surface area contributed by atoms with Crippen LogP contribution >= 0.6 is 0 Å². The third kappa shape index (κ3) is 5.55. The Bertz CT molecular complexity index is 769. The van der Waals surface area contributed by atoms with Gasteiger partial charge in [-0.1, -0.05) is 30.7 Å². The first-order chi connectivity index (χ1) is 13.3. The first-order valence-electron chi connectivity index (χ1n) is 9.29. The van der Waals surface area contributed by atoms with Gasteiger partial charge in [0.25, 0.3) is 0 Å². The van der Waals surface area contributed by atoms with Gasteiger partial charge in [0, 0.05) is 24.4 Å². The number of benzene rings is 1. The Morgan fingerprint density at radius 2 is 2.11 bits per heavy atom. The maximum absolute atomic E-state index is 12.9. The number of amides is 1. The molecule has 0 saturated heterocycles. The van der Waals surface area contributed by atoms with Gasteiger partial charge in [-0.15, -0.1) is 0 Å². The number of hydrogen-bond acceptors (Lipinski definition) is 3. The number of anilines is 1. The van der Waals surface area contributed by atoms with Crippen LogP contribution in [0.2, 0.25) is 0 Å². The number of alkyl halides is 3. The molecule has 1 aliphatic carbocycles. The van der Waals surface area contributed by atoms with Gasteiger partial charge in [-0.05, 0) is 44.0 Å². The molecule has 1 aliphatic rings. The summed E-state index contributed by atoms with van der Waals surface area (Å²) in [7, 11) is 0. The summed E-state index contributed by atoms with van der Waals surface area (Å²) in [4.78, 5) is 17.0. The van der Waals surface area contributed by atoms with Gasteiger partial charge in [0.05, 0.1) is 17.6 Å². The summed E-state index contributed by atoms with van der Waals surface area (Å²) in [6.45, 7) is 4.49. The molecule has 1 aromatic carbocycles. The third-order valence-corrected chi connectivity index (χ3v) is 4.70. The molecule has 0 fully saturated rings. The molecule has 4 nitrogen and oxygen atoms in total. The van der Waals surface area contributed by atoms with Gasteiger partial charge >= 0.3 is 6.18 Å². The summed E-state index contributed by atoms with van der Waals surface area (Å²) in [6, 6.07) is 4.48. The lowest BCUT2D eigenvalue weighted by Crippen LogP contribution is -2.40. The minimum absolute atomic E-state index is 0.0508. The fourth-order valence-electron chi connectivity index (χ4n) is 3.28. The third-order valence-electron chi connectivity index (χ3n) is 4.70. The van der Waals surface area contributed by atoms with Crippen LogP contribution in [0, 0.1) is 11.8 Å². The van der Waals surface area contributed by atoms with Crippen molar-refractivity contribution in [1.29, 1.82) is 0 Å². The number of carbonyl (C=O) groups excluding carboxylic acids is 1. The van der Waals surface area contributed by atoms with Crippen LogP contribution < -0.4 is 5.32 Å². The Morgan fingerprint density at radius 3 is 2.75 bits per heavy atom. The Hall–Kier alpha value is -2.41. The summed E-state index contributed by atoms with van der Waals surface area (Å²) in [5, 5.41) is 13.0. The second kappa shape index (κ2) is 9.68. The number of nitrogens with zero attached hydrogens (tertiary/aromatic N) is 1. The van der Waals surface area contributed by atoms with Gasteiger partial charge in [0.15, 0.2) is 0 Å². The van der Waals surface area contributed by atoms with E-state index in [0.29, 0.717) is 19.4 Å². The maximum Gasteiger partial charge on any atom is 0.416 e. The van der Waals surface area contributed by atoms with Gasteiger partial charge < -0.3 is 10.4 Å². The predicted octanol–water partition coefficient (Wildman–Crippen LogP) is 4.62. The van der Waals surface area contributed by atoms with Crippen LogP contribution in [0.4, 0.5) is 18.9 Å². The van der Waals surface area contributed by atoms with Crippen LogP contribution in [-0.2, 0) is 11.0 Å². The second-order valence-electron chi connectivity index (χ2n) is 6.59. The Morgan fingerprint density at radius 1 is 1.36 bits per heavy atom. The number of allylic oxidation sites excluding steroid dienone is 3. The number of carbonyl (C=O) groups is 1. The van der Waals surface area contributed by atoms with E-state index in [0.717, 1.165) is 17.7 Å². The minimum Gasteiger partial charge on any atom is -0.392 e. The number of aliphatic hydroxyl groups is 1. The summed E-state index contributed by atoms with van der Waals surface area (Å²) in [5.74, 6) is -1.64. The lowest BCUT2D eigenvalue weighted by Gasteiger charge is -2.32. The molecule has 0 heterocycles. The first-order valence-corrected chi connectivity index (χ1v) is 9.29. The van der Waals surface area contributed by atoms with E-state index in [1.807, 2.05) is 32.1 Å². The van der Waals surface area contributed by atoms with Crippen molar-refractivity contribution in [3.63, 3.8) is 0 Å². The van der Waals surface area contributed by atoms with Crippen molar-refractivity contribution in [3.05, 3.63) is 53.6 Å². The number of hydrogen-bond donors (Lipinski definition) is 2. The maximum atomic E-state index is 12.9. The van der Waals surface area contributed by atoms with Crippen LogP contribution in [0.25, 0.3) is 0 Å². The SMILES string of the molecule is CCN=C/C=C(\CC)[C@@H]1C=CC[C@H](O)[C@@H]1C(=O)Nc1cccc(C(F)(F)F)c1. The Balaban J connectivity index is 2.27. The van der Waals surface area contributed by atoms with E-state index in [4.69, 9.17) is 0 Å². The summed E-state index contributed by atoms with van der Waals surface area (Å²) in [6.07, 6.45) is 2.77. The van der Waals surface area contributed by atoms with Crippen LogP contribution in [0.5, 0.6) is 0 Å². The molecule has 0 aromatic heterocycles. The average Bonchev–Trinajstić information content (AvgIpc) is 2.64. The molecule has 2 rings (SSSR count). The van der Waals surface area contributed by atoms with Crippen molar-refractivity contribution < 1.29 is 23.1 Å². The zero-order valence-electron chi connectivity index (χ0n) is 15.9. The average molecular weight is 394 g/mol. The van der Waals surface area contributed by atoms with Crippen LogP contribution in [0.15, 0.2) is 53.1 Å². The van der Waals surface area contributed by atoms with Crippen LogP contribution in [0.3, 0.4) is 0 Å². The van der Waals surface area contributed by atoms with Crippen LogP contribution in [0.1, 0.15) is 32.3 Å². The smallest absolute Gasteiger partial charge is 0.392 e. The van der Waals surface area contributed by atoms with Gasteiger partial charge in [-0.25, -0.2) is 0 Å². The van der Waals surface area contributed by atoms with E-state index >= 15 is 0 Å². The summed E-state index contributed by atoms with van der Waals surface area (Å²) < 4.78 is 38.7. The van der Waals surface area contributed by atoms with Crippen molar-refractivity contribution in [2.24, 2.45) is 16.8 Å². The van der Waals surface area contributed by atoms with Gasteiger partial charge in [-0.2, -0.15) is 13.2 Å². The number of aliphatic hydroxyl groups excluding tert-OH is 1. The van der Waals surface area contributed by atoms with Crippen molar-refractivity contribution in [2.45, 2.75) is 39.0 Å². The molecule has 7 heteroatoms. The van der Waals surface area contributed by atoms with E-state index in [-0.39, 0.29) is 11.6 Å². The van der Waals surface area contributed by atoms with E-state index in [1.165, 1.54) is 12.1 Å². The molecule has 152 valence electrons. The molecular weight excluding hydrogens is 369 g/mol. The zero-order chi connectivity index (χ0) is 20.7. The lowest BCUT2D eigenvalue weighted by molar-refractivity contribution is -0.137. The Labute approximate surface area is 162 Å². The van der Waals surface area contributed by atoms with E-state index in [1.54, 1.807) is 6.21 Å². The van der Waals surface area contributed by atoms with Crippen LogP contribution in [-0.4, -0.2) is 29.9 Å². The number of aliphatic imine (C=N–C) groups is 1. The lowest BCUT2D eigenvalue weighted by atomic mass is 9.76. The molecule has 28 heavy (non-hydrogen) atoms. The van der Waals surface area contributed by atoms with E-state index in [9.17, 15) is 23.1 Å². The highest BCUT2D eigenvalue weighted by atomic mass is 19.4. The molecule has 3 atom stereocenters. The minimum atomic E-state index is -4.49. The second-order valence-corrected chi connectivity index (χ2v) is 6.59. The molecular formula is C21H25F3N2O2.